The summed E-state index contributed by atoms with van der Waals surface area (Å²) in [6, 6.07) is 7.04. The van der Waals surface area contributed by atoms with E-state index in [1.807, 2.05) is 6.07 Å². The van der Waals surface area contributed by atoms with Crippen LogP contribution in [0.1, 0.15) is 107 Å². The molecule has 8 nitrogen and oxygen atoms in total. The number of nitrogens with zero attached hydrogens (tertiary/aromatic N) is 3. The molecule has 1 aromatic carbocycles. The summed E-state index contributed by atoms with van der Waals surface area (Å²) in [5.41, 5.74) is -0.0626. The van der Waals surface area contributed by atoms with Gasteiger partial charge in [-0.25, -0.2) is 9.37 Å². The number of fused-ring (bicyclic) bond motifs is 3. The van der Waals surface area contributed by atoms with Gasteiger partial charge in [0.05, 0.1) is 5.41 Å². The lowest BCUT2D eigenvalue weighted by Crippen LogP contribution is -2.54. The molecule has 244 valence electrons. The zero-order chi connectivity index (χ0) is 32.4. The monoisotopic (exact) mass is 667 g/mol. The van der Waals surface area contributed by atoms with E-state index in [2.05, 4.69) is 46.6 Å². The van der Waals surface area contributed by atoms with Crippen molar-refractivity contribution in [3.8, 4) is 0 Å². The first kappa shape index (κ1) is 31.6. The minimum absolute atomic E-state index is 0.0583. The summed E-state index contributed by atoms with van der Waals surface area (Å²) in [5, 5.41) is 14.7. The maximum atomic E-state index is 16.3. The van der Waals surface area contributed by atoms with Gasteiger partial charge in [0.1, 0.15) is 0 Å². The van der Waals surface area contributed by atoms with Gasteiger partial charge in [0, 0.05) is 40.7 Å². The number of anilines is 1. The molecule has 3 heterocycles. The van der Waals surface area contributed by atoms with E-state index >= 15 is 4.39 Å². The van der Waals surface area contributed by atoms with Crippen LogP contribution in [0.4, 0.5) is 10.1 Å². The van der Waals surface area contributed by atoms with Crippen LogP contribution in [0.15, 0.2) is 41.3 Å². The van der Waals surface area contributed by atoms with E-state index in [0.29, 0.717) is 23.0 Å². The minimum Gasteiger partial charge on any atom is -0.428 e. The van der Waals surface area contributed by atoms with E-state index in [4.69, 9.17) is 27.6 Å². The number of rotatable bonds is 5. The van der Waals surface area contributed by atoms with Crippen molar-refractivity contribution in [1.82, 2.24) is 20.5 Å². The van der Waals surface area contributed by atoms with Gasteiger partial charge in [-0.05, 0) is 97.4 Å². The number of pyridine rings is 1. The average Bonchev–Trinajstić information content (AvgIpc) is 3.72. The Balaban J connectivity index is 1.37. The number of amides is 2. The number of carbonyl (C=O) groups excluding carboxylic acids is 2. The van der Waals surface area contributed by atoms with Gasteiger partial charge < -0.3 is 15.1 Å². The Morgan fingerprint density at radius 3 is 2.52 bits per heavy atom. The summed E-state index contributed by atoms with van der Waals surface area (Å²) in [7, 11) is 0. The van der Waals surface area contributed by atoms with Crippen LogP contribution >= 0.6 is 23.2 Å². The zero-order valence-electron chi connectivity index (χ0n) is 26.4. The number of hydrogen-bond donors (Lipinski definition) is 2. The highest BCUT2D eigenvalue weighted by atomic mass is 35.5. The molecular formula is C35H40Cl2FN5O3. The van der Waals surface area contributed by atoms with Crippen LogP contribution in [-0.2, 0) is 15.0 Å². The second-order valence-electron chi connectivity index (χ2n) is 14.6. The lowest BCUT2D eigenvalue weighted by atomic mass is 9.49. The fourth-order valence-corrected chi connectivity index (χ4v) is 10.3. The van der Waals surface area contributed by atoms with Crippen LogP contribution in [0.25, 0.3) is 0 Å². The molecule has 2 spiro atoms. The van der Waals surface area contributed by atoms with Crippen molar-refractivity contribution in [2.45, 2.75) is 102 Å². The number of aromatic nitrogens is 3. The number of benzene rings is 1. The molecule has 11 heteroatoms. The SMILES string of the molecule is CCC1[C@@H](C(=O)N[C@H]2CC[C@H](c3nnco3)CC2)[C@H](c2ccnc(Cl)c2F)[C@]2(C(=O)Nc3cc(Cl)ccc32)C12CCC(C)(C)CC2. The second kappa shape index (κ2) is 11.6. The lowest BCUT2D eigenvalue weighted by molar-refractivity contribution is -0.130. The first-order valence-electron chi connectivity index (χ1n) is 16.5. The van der Waals surface area contributed by atoms with Crippen LogP contribution in [0, 0.1) is 28.5 Å². The lowest BCUT2D eigenvalue weighted by Gasteiger charge is -2.53. The van der Waals surface area contributed by atoms with Crippen LogP contribution in [0.2, 0.25) is 10.2 Å². The second-order valence-corrected chi connectivity index (χ2v) is 15.4. The molecule has 0 saturated heterocycles. The van der Waals surface area contributed by atoms with Crippen molar-refractivity contribution < 1.29 is 18.4 Å². The number of hydrogen-bond acceptors (Lipinski definition) is 6. The first-order chi connectivity index (χ1) is 22.0. The van der Waals surface area contributed by atoms with Gasteiger partial charge >= 0.3 is 0 Å². The predicted octanol–water partition coefficient (Wildman–Crippen LogP) is 7.97. The van der Waals surface area contributed by atoms with Gasteiger partial charge in [-0.15, -0.1) is 10.2 Å². The van der Waals surface area contributed by atoms with Gasteiger partial charge in [-0.3, -0.25) is 9.59 Å². The molecule has 3 aliphatic carbocycles. The predicted molar refractivity (Wildman–Crippen MR) is 173 cm³/mol. The van der Waals surface area contributed by atoms with Gasteiger partial charge in [0.2, 0.25) is 24.1 Å². The van der Waals surface area contributed by atoms with Crippen molar-refractivity contribution in [3.05, 3.63) is 69.9 Å². The van der Waals surface area contributed by atoms with Crippen molar-refractivity contribution in [2.24, 2.45) is 22.7 Å². The number of carbonyl (C=O) groups is 2. The molecule has 7 rings (SSSR count). The van der Waals surface area contributed by atoms with E-state index in [0.717, 1.165) is 56.9 Å². The number of nitrogens with one attached hydrogen (secondary N) is 2. The van der Waals surface area contributed by atoms with Crippen LogP contribution in [-0.4, -0.2) is 33.0 Å². The van der Waals surface area contributed by atoms with E-state index in [-0.39, 0.29) is 45.8 Å². The Morgan fingerprint density at radius 2 is 1.85 bits per heavy atom. The van der Waals surface area contributed by atoms with Crippen molar-refractivity contribution in [3.63, 3.8) is 0 Å². The Kier molecular flexibility index (Phi) is 7.95. The first-order valence-corrected chi connectivity index (χ1v) is 17.3. The molecule has 0 bridgehead atoms. The maximum absolute atomic E-state index is 16.3. The van der Waals surface area contributed by atoms with Gasteiger partial charge in [-0.1, -0.05) is 56.5 Å². The molecule has 3 saturated carbocycles. The molecule has 2 N–H and O–H groups in total. The fraction of sp³-hybridized carbons (Fsp3) is 0.571. The largest absolute Gasteiger partial charge is 0.428 e. The van der Waals surface area contributed by atoms with Gasteiger partial charge in [0.25, 0.3) is 0 Å². The Labute approximate surface area is 278 Å². The minimum atomic E-state index is -1.22. The summed E-state index contributed by atoms with van der Waals surface area (Å²) in [6.07, 6.45) is 9.90. The molecule has 2 aromatic heterocycles. The van der Waals surface area contributed by atoms with Gasteiger partial charge in [-0.2, -0.15) is 0 Å². The Hall–Kier alpha value is -3.04. The van der Waals surface area contributed by atoms with Crippen molar-refractivity contribution in [2.75, 3.05) is 5.32 Å². The molecule has 4 aliphatic rings. The highest BCUT2D eigenvalue weighted by molar-refractivity contribution is 6.31. The van der Waals surface area contributed by atoms with E-state index in [9.17, 15) is 9.59 Å². The molecule has 2 amide bonds. The van der Waals surface area contributed by atoms with Crippen LogP contribution < -0.4 is 10.6 Å². The Bertz CT molecular complexity index is 1650. The summed E-state index contributed by atoms with van der Waals surface area (Å²) in [5.74, 6) is -1.90. The third-order valence-electron chi connectivity index (χ3n) is 12.0. The van der Waals surface area contributed by atoms with E-state index in [1.165, 1.54) is 12.6 Å². The summed E-state index contributed by atoms with van der Waals surface area (Å²) in [6.45, 7) is 6.63. The topological polar surface area (TPSA) is 110 Å². The van der Waals surface area contributed by atoms with Crippen molar-refractivity contribution >= 4 is 40.7 Å². The van der Waals surface area contributed by atoms with E-state index < -0.39 is 28.5 Å². The normalized spacial score (nSPS) is 31.2. The third-order valence-corrected chi connectivity index (χ3v) is 12.5. The van der Waals surface area contributed by atoms with Crippen molar-refractivity contribution in [1.29, 1.82) is 0 Å². The summed E-state index contributed by atoms with van der Waals surface area (Å²) >= 11 is 12.8. The molecule has 1 unspecified atom stereocenters. The number of halogens is 3. The quantitative estimate of drug-likeness (QED) is 0.267. The molecule has 4 atom stereocenters. The van der Waals surface area contributed by atoms with Gasteiger partial charge in [0.15, 0.2) is 11.0 Å². The highest BCUT2D eigenvalue weighted by Crippen LogP contribution is 2.75. The molecule has 1 aliphatic heterocycles. The molecule has 46 heavy (non-hydrogen) atoms. The zero-order valence-corrected chi connectivity index (χ0v) is 27.9. The summed E-state index contributed by atoms with van der Waals surface area (Å²) < 4.78 is 21.8. The fourth-order valence-electron chi connectivity index (χ4n) is 9.91. The Morgan fingerprint density at radius 1 is 1.11 bits per heavy atom. The molecule has 3 aromatic rings. The molecule has 3 fully saturated rings. The standard InChI is InChI=1S/C35H40Cl2FN5O3/c1-4-23-26(30(44)41-21-8-5-19(6-9-21)31-43-40-18-46-31)27(22-11-16-39-29(37)28(22)38)35(34(23)14-12-33(2,3)13-15-34)24-10-7-20(36)17-25(24)42-32(35)45/h7,10-11,16-19,21,23,26-27H,4-6,8-9,12-15H2,1-3H3,(H,41,44)(H,42,45)/t19-,21-,23?,26-,27+,35-/m1/s1. The molecule has 0 radical (unpaired) electrons. The summed E-state index contributed by atoms with van der Waals surface area (Å²) in [4.78, 5) is 33.7. The average molecular weight is 669 g/mol. The maximum Gasteiger partial charge on any atom is 0.236 e. The molecular weight excluding hydrogens is 628 g/mol. The van der Waals surface area contributed by atoms with Crippen LogP contribution in [0.5, 0.6) is 0 Å². The smallest absolute Gasteiger partial charge is 0.236 e. The van der Waals surface area contributed by atoms with Crippen LogP contribution in [0.3, 0.4) is 0 Å². The van der Waals surface area contributed by atoms with E-state index in [1.54, 1.807) is 18.2 Å². The highest BCUT2D eigenvalue weighted by Gasteiger charge is 2.76. The third kappa shape index (κ3) is 4.70.